The summed E-state index contributed by atoms with van der Waals surface area (Å²) in [5.41, 5.74) is 5.80. The molecular formula is C11H20N2. The Balaban J connectivity index is 1.87. The number of nitrogens with two attached hydrogens (primary N) is 1. The molecule has 2 heteroatoms. The Kier molecular flexibility index (Phi) is 2.70. The van der Waals surface area contributed by atoms with Crippen LogP contribution in [0.1, 0.15) is 19.8 Å². The van der Waals surface area contributed by atoms with Gasteiger partial charge in [-0.05, 0) is 31.6 Å². The Labute approximate surface area is 80.8 Å². The zero-order valence-electron chi connectivity index (χ0n) is 8.45. The number of hydrogen-bond donors (Lipinski definition) is 1. The van der Waals surface area contributed by atoms with Crippen molar-refractivity contribution in [3.63, 3.8) is 0 Å². The van der Waals surface area contributed by atoms with Gasteiger partial charge in [0.15, 0.2) is 0 Å². The minimum absolute atomic E-state index is 0.327. The van der Waals surface area contributed by atoms with E-state index in [1.807, 2.05) is 0 Å². The number of allylic oxidation sites excluding steroid dienone is 2. The highest BCUT2D eigenvalue weighted by molar-refractivity contribution is 4.99. The fraction of sp³-hybridized carbons (Fsp3) is 0.818. The Morgan fingerprint density at radius 1 is 1.31 bits per heavy atom. The summed E-state index contributed by atoms with van der Waals surface area (Å²) in [6.45, 7) is 5.72. The van der Waals surface area contributed by atoms with Gasteiger partial charge in [-0.3, -0.25) is 0 Å². The molecule has 13 heavy (non-hydrogen) atoms. The molecule has 1 saturated heterocycles. The topological polar surface area (TPSA) is 29.3 Å². The van der Waals surface area contributed by atoms with Crippen molar-refractivity contribution < 1.29 is 0 Å². The normalized spacial score (nSPS) is 36.2. The number of hydrogen-bond acceptors (Lipinski definition) is 2. The highest BCUT2D eigenvalue weighted by atomic mass is 15.2. The summed E-state index contributed by atoms with van der Waals surface area (Å²) in [4.78, 5) is 2.53. The van der Waals surface area contributed by atoms with Crippen LogP contribution in [-0.2, 0) is 0 Å². The lowest BCUT2D eigenvalue weighted by atomic mass is 9.86. The van der Waals surface area contributed by atoms with E-state index in [1.165, 1.54) is 25.9 Å². The van der Waals surface area contributed by atoms with Crippen molar-refractivity contribution in [2.45, 2.75) is 25.8 Å². The Bertz CT molecular complexity index is 182. The van der Waals surface area contributed by atoms with Gasteiger partial charge in [-0.25, -0.2) is 0 Å². The third-order valence-electron chi connectivity index (χ3n) is 3.24. The van der Waals surface area contributed by atoms with Crippen molar-refractivity contribution in [2.24, 2.45) is 17.6 Å². The van der Waals surface area contributed by atoms with Crippen molar-refractivity contribution in [3.8, 4) is 0 Å². The minimum Gasteiger partial charge on any atom is -0.327 e. The van der Waals surface area contributed by atoms with E-state index < -0.39 is 0 Å². The quantitative estimate of drug-likeness (QED) is 0.648. The average molecular weight is 180 g/mol. The molecule has 0 radical (unpaired) electrons. The Hall–Kier alpha value is -0.340. The lowest BCUT2D eigenvalue weighted by molar-refractivity contribution is 0.305. The maximum Gasteiger partial charge on any atom is 0.0139 e. The van der Waals surface area contributed by atoms with E-state index in [0.717, 1.165) is 18.4 Å². The monoisotopic (exact) mass is 180 g/mol. The van der Waals surface area contributed by atoms with Crippen LogP contribution in [0.2, 0.25) is 0 Å². The van der Waals surface area contributed by atoms with Crippen molar-refractivity contribution in [3.05, 3.63) is 12.2 Å². The molecule has 1 aliphatic heterocycles. The fourth-order valence-electron chi connectivity index (χ4n) is 2.67. The van der Waals surface area contributed by atoms with E-state index in [-0.39, 0.29) is 0 Å². The van der Waals surface area contributed by atoms with Crippen LogP contribution < -0.4 is 5.73 Å². The van der Waals surface area contributed by atoms with Crippen molar-refractivity contribution >= 4 is 0 Å². The number of nitrogens with zero attached hydrogens (tertiary/aromatic N) is 1. The molecule has 0 saturated carbocycles. The molecule has 2 nitrogen and oxygen atoms in total. The molecule has 0 aromatic rings. The number of likely N-dealkylation sites (tertiary alicyclic amines) is 1. The molecule has 2 rings (SSSR count). The summed E-state index contributed by atoms with van der Waals surface area (Å²) < 4.78 is 0. The summed E-state index contributed by atoms with van der Waals surface area (Å²) in [6, 6.07) is 0.327. The van der Waals surface area contributed by atoms with Crippen molar-refractivity contribution in [1.82, 2.24) is 4.90 Å². The fourth-order valence-corrected chi connectivity index (χ4v) is 2.67. The smallest absolute Gasteiger partial charge is 0.0139 e. The van der Waals surface area contributed by atoms with Gasteiger partial charge in [0.2, 0.25) is 0 Å². The molecule has 2 N–H and O–H groups in total. The second-order valence-electron chi connectivity index (χ2n) is 4.66. The first-order chi connectivity index (χ1) is 6.25. The third-order valence-corrected chi connectivity index (χ3v) is 3.24. The molecule has 1 fully saturated rings. The molecule has 0 amide bonds. The van der Waals surface area contributed by atoms with Crippen LogP contribution in [0.4, 0.5) is 0 Å². The summed E-state index contributed by atoms with van der Waals surface area (Å²) in [6.07, 6.45) is 7.27. The Morgan fingerprint density at radius 3 is 2.31 bits per heavy atom. The maximum absolute atomic E-state index is 5.80. The lowest BCUT2D eigenvalue weighted by Crippen LogP contribution is -2.34. The summed E-state index contributed by atoms with van der Waals surface area (Å²) in [5.74, 6) is 1.84. The van der Waals surface area contributed by atoms with E-state index in [0.29, 0.717) is 6.04 Å². The van der Waals surface area contributed by atoms with Gasteiger partial charge >= 0.3 is 0 Å². The maximum atomic E-state index is 5.80. The van der Waals surface area contributed by atoms with Gasteiger partial charge in [-0.2, -0.15) is 0 Å². The molecule has 0 aromatic heterocycles. The van der Waals surface area contributed by atoms with Crippen LogP contribution in [0, 0.1) is 11.8 Å². The molecule has 0 unspecified atom stereocenters. The van der Waals surface area contributed by atoms with Gasteiger partial charge in [-0.15, -0.1) is 0 Å². The van der Waals surface area contributed by atoms with E-state index >= 15 is 0 Å². The second kappa shape index (κ2) is 3.81. The third kappa shape index (κ3) is 2.12. The molecule has 3 atom stereocenters. The average Bonchev–Trinajstić information content (AvgIpc) is 2.44. The van der Waals surface area contributed by atoms with Crippen LogP contribution in [-0.4, -0.2) is 30.6 Å². The van der Waals surface area contributed by atoms with Gasteiger partial charge < -0.3 is 10.6 Å². The lowest BCUT2D eigenvalue weighted by Gasteiger charge is -2.18. The van der Waals surface area contributed by atoms with Crippen molar-refractivity contribution in [1.29, 1.82) is 0 Å². The van der Waals surface area contributed by atoms with E-state index in [4.69, 9.17) is 5.73 Å². The van der Waals surface area contributed by atoms with E-state index in [2.05, 4.69) is 24.0 Å². The van der Waals surface area contributed by atoms with Crippen LogP contribution in [0.25, 0.3) is 0 Å². The molecule has 0 spiro atoms. The first-order valence-electron chi connectivity index (χ1n) is 5.38. The highest BCUT2D eigenvalue weighted by Crippen LogP contribution is 2.32. The first kappa shape index (κ1) is 9.22. The summed E-state index contributed by atoms with van der Waals surface area (Å²) in [5, 5.41) is 0. The SMILES string of the molecule is C[C@H](N)CN1C[C@H]2CC=CC[C@H]2C1. The van der Waals surface area contributed by atoms with Gasteiger partial charge in [0.1, 0.15) is 0 Å². The molecule has 0 aromatic carbocycles. The van der Waals surface area contributed by atoms with E-state index in [1.54, 1.807) is 0 Å². The van der Waals surface area contributed by atoms with Crippen LogP contribution in [0.15, 0.2) is 12.2 Å². The molecule has 2 aliphatic rings. The van der Waals surface area contributed by atoms with Gasteiger partial charge in [-0.1, -0.05) is 12.2 Å². The van der Waals surface area contributed by atoms with Crippen molar-refractivity contribution in [2.75, 3.05) is 19.6 Å². The van der Waals surface area contributed by atoms with Crippen LogP contribution in [0.5, 0.6) is 0 Å². The van der Waals surface area contributed by atoms with Crippen LogP contribution >= 0.6 is 0 Å². The van der Waals surface area contributed by atoms with Gasteiger partial charge in [0, 0.05) is 25.7 Å². The molecule has 1 heterocycles. The number of fused-ring (bicyclic) bond motifs is 1. The molecule has 1 aliphatic carbocycles. The second-order valence-corrected chi connectivity index (χ2v) is 4.66. The van der Waals surface area contributed by atoms with Crippen LogP contribution in [0.3, 0.4) is 0 Å². The molecular weight excluding hydrogens is 160 g/mol. The first-order valence-corrected chi connectivity index (χ1v) is 5.38. The standard InChI is InChI=1S/C11H20N2/c1-9(12)6-13-7-10-4-2-3-5-11(10)8-13/h2-3,9-11H,4-8,12H2,1H3/t9-,10-,11+/m0/s1. The highest BCUT2D eigenvalue weighted by Gasteiger charge is 2.32. The predicted octanol–water partition coefficient (Wildman–Crippen LogP) is 1.23. The summed E-state index contributed by atoms with van der Waals surface area (Å²) >= 11 is 0. The largest absolute Gasteiger partial charge is 0.327 e. The number of rotatable bonds is 2. The predicted molar refractivity (Wildman–Crippen MR) is 55.4 cm³/mol. The van der Waals surface area contributed by atoms with E-state index in [9.17, 15) is 0 Å². The minimum atomic E-state index is 0.327. The zero-order valence-corrected chi connectivity index (χ0v) is 8.45. The van der Waals surface area contributed by atoms with Gasteiger partial charge in [0.25, 0.3) is 0 Å². The molecule has 0 bridgehead atoms. The summed E-state index contributed by atoms with van der Waals surface area (Å²) in [7, 11) is 0. The molecule has 74 valence electrons. The van der Waals surface area contributed by atoms with Gasteiger partial charge in [0.05, 0.1) is 0 Å². The zero-order chi connectivity index (χ0) is 9.26. The Morgan fingerprint density at radius 2 is 1.85 bits per heavy atom.